The summed E-state index contributed by atoms with van der Waals surface area (Å²) >= 11 is 0. The number of benzene rings is 1. The highest BCUT2D eigenvalue weighted by molar-refractivity contribution is 5.67. The molecule has 0 spiro atoms. The van der Waals surface area contributed by atoms with Crippen molar-refractivity contribution in [2.45, 2.75) is 44.4 Å². The topological polar surface area (TPSA) is 114 Å². The van der Waals surface area contributed by atoms with Gasteiger partial charge in [0.1, 0.15) is 6.10 Å². The molecular weight excluding hydrogens is 499 g/mol. The van der Waals surface area contributed by atoms with Crippen LogP contribution in [0.25, 0.3) is 34.0 Å². The van der Waals surface area contributed by atoms with E-state index in [1.54, 1.807) is 18.5 Å². The molecule has 196 valence electrons. The molecule has 1 fully saturated rings. The molecule has 1 saturated carbocycles. The molecule has 0 aliphatic heterocycles. The standard InChI is InChI=1S/C27H24F3N5O3/c28-27(29,30)20-7-3-17(4-8-20)25-33-26(35-34-25)19-5-11-22(31-15-19)18-6-12-23(32-14-18)38-21-9-1-16(2-10-21)13-24(36)37/h3-8,11-12,14-16,21H,1-2,9-10,13H2,(H,36,37)(H,33,34,35). The molecule has 4 aromatic rings. The minimum atomic E-state index is -4.40. The molecule has 0 bridgehead atoms. The fourth-order valence-electron chi connectivity index (χ4n) is 4.51. The van der Waals surface area contributed by atoms with E-state index in [1.165, 1.54) is 12.1 Å². The van der Waals surface area contributed by atoms with Gasteiger partial charge in [-0.15, -0.1) is 0 Å². The largest absolute Gasteiger partial charge is 0.481 e. The van der Waals surface area contributed by atoms with Gasteiger partial charge in [-0.05, 0) is 61.9 Å². The number of carbonyl (C=O) groups is 1. The van der Waals surface area contributed by atoms with E-state index in [2.05, 4.69) is 25.1 Å². The first-order chi connectivity index (χ1) is 18.2. The summed E-state index contributed by atoms with van der Waals surface area (Å²) in [6, 6.07) is 12.0. The predicted octanol–water partition coefficient (Wildman–Crippen LogP) is 6.03. The summed E-state index contributed by atoms with van der Waals surface area (Å²) in [4.78, 5) is 24.1. The maximum Gasteiger partial charge on any atom is 0.416 e. The van der Waals surface area contributed by atoms with Gasteiger partial charge in [0.2, 0.25) is 5.88 Å². The maximum atomic E-state index is 12.8. The summed E-state index contributed by atoms with van der Waals surface area (Å²) in [7, 11) is 0. The number of nitrogens with one attached hydrogen (secondary N) is 1. The second-order valence-electron chi connectivity index (χ2n) is 9.26. The van der Waals surface area contributed by atoms with Crippen LogP contribution in [0.1, 0.15) is 37.7 Å². The molecule has 3 heterocycles. The number of hydrogen-bond donors (Lipinski definition) is 2. The van der Waals surface area contributed by atoms with Crippen LogP contribution in [-0.4, -0.2) is 42.3 Å². The highest BCUT2D eigenvalue weighted by Gasteiger charge is 2.30. The Balaban J connectivity index is 1.20. The maximum absolute atomic E-state index is 12.8. The molecule has 5 rings (SSSR count). The molecule has 8 nitrogen and oxygen atoms in total. The van der Waals surface area contributed by atoms with E-state index in [-0.39, 0.29) is 18.4 Å². The van der Waals surface area contributed by atoms with E-state index >= 15 is 0 Å². The van der Waals surface area contributed by atoms with Crippen molar-refractivity contribution in [1.82, 2.24) is 25.1 Å². The van der Waals surface area contributed by atoms with Crippen LogP contribution in [-0.2, 0) is 11.0 Å². The summed E-state index contributed by atoms with van der Waals surface area (Å²) < 4.78 is 44.4. The number of aromatic nitrogens is 5. The first kappa shape index (κ1) is 25.4. The lowest BCUT2D eigenvalue weighted by atomic mass is 9.85. The first-order valence-electron chi connectivity index (χ1n) is 12.2. The zero-order valence-corrected chi connectivity index (χ0v) is 20.2. The molecule has 11 heteroatoms. The summed E-state index contributed by atoms with van der Waals surface area (Å²) in [5.41, 5.74) is 1.91. The Labute approximate surface area is 216 Å². The number of carboxylic acid groups (broad SMARTS) is 1. The van der Waals surface area contributed by atoms with Gasteiger partial charge in [0.05, 0.1) is 11.3 Å². The first-order valence-corrected chi connectivity index (χ1v) is 12.2. The molecule has 2 N–H and O–H groups in total. The van der Waals surface area contributed by atoms with Crippen molar-refractivity contribution in [2.24, 2.45) is 5.92 Å². The van der Waals surface area contributed by atoms with Crippen LogP contribution in [0.5, 0.6) is 5.88 Å². The third-order valence-electron chi connectivity index (χ3n) is 6.57. The number of rotatable bonds is 7. The molecule has 38 heavy (non-hydrogen) atoms. The number of hydrogen-bond acceptors (Lipinski definition) is 6. The highest BCUT2D eigenvalue weighted by Crippen LogP contribution is 2.31. The van der Waals surface area contributed by atoms with Gasteiger partial charge < -0.3 is 9.84 Å². The number of ether oxygens (including phenoxy) is 1. The zero-order valence-electron chi connectivity index (χ0n) is 20.2. The van der Waals surface area contributed by atoms with Crippen molar-refractivity contribution in [1.29, 1.82) is 0 Å². The van der Waals surface area contributed by atoms with Gasteiger partial charge in [-0.25, -0.2) is 9.97 Å². The van der Waals surface area contributed by atoms with Crippen LogP contribution in [0.4, 0.5) is 13.2 Å². The molecule has 3 aromatic heterocycles. The monoisotopic (exact) mass is 523 g/mol. The van der Waals surface area contributed by atoms with Gasteiger partial charge in [-0.1, -0.05) is 12.1 Å². The number of H-pyrrole nitrogens is 1. The smallest absolute Gasteiger partial charge is 0.416 e. The lowest BCUT2D eigenvalue weighted by Gasteiger charge is -2.27. The fraction of sp³-hybridized carbons (Fsp3) is 0.296. The quantitative estimate of drug-likeness (QED) is 0.304. The Kier molecular flexibility index (Phi) is 7.08. The third kappa shape index (κ3) is 5.99. The van der Waals surface area contributed by atoms with Crippen molar-refractivity contribution in [3.05, 3.63) is 66.5 Å². The summed E-state index contributed by atoms with van der Waals surface area (Å²) in [6.07, 6.45) is 2.44. The predicted molar refractivity (Wildman–Crippen MR) is 132 cm³/mol. The van der Waals surface area contributed by atoms with Gasteiger partial charge in [0.25, 0.3) is 0 Å². The average molecular weight is 524 g/mol. The summed E-state index contributed by atoms with van der Waals surface area (Å²) in [6.45, 7) is 0. The molecule has 0 radical (unpaired) electrons. The van der Waals surface area contributed by atoms with E-state index in [9.17, 15) is 18.0 Å². The van der Waals surface area contributed by atoms with E-state index in [1.807, 2.05) is 18.2 Å². The zero-order chi connectivity index (χ0) is 26.7. The van der Waals surface area contributed by atoms with E-state index in [0.29, 0.717) is 34.3 Å². The van der Waals surface area contributed by atoms with Gasteiger partial charge in [0.15, 0.2) is 11.6 Å². The van der Waals surface area contributed by atoms with Gasteiger partial charge in [-0.2, -0.15) is 18.3 Å². The number of halogens is 3. The van der Waals surface area contributed by atoms with Crippen LogP contribution in [0.3, 0.4) is 0 Å². The molecule has 0 atom stereocenters. The Bertz CT molecular complexity index is 1380. The lowest BCUT2D eigenvalue weighted by molar-refractivity contribution is -0.139. The highest BCUT2D eigenvalue weighted by atomic mass is 19.4. The summed E-state index contributed by atoms with van der Waals surface area (Å²) in [5.74, 6) is 0.706. The number of aliphatic carboxylic acids is 1. The van der Waals surface area contributed by atoms with Gasteiger partial charge in [-0.3, -0.25) is 14.9 Å². The van der Waals surface area contributed by atoms with Gasteiger partial charge >= 0.3 is 12.1 Å². The average Bonchev–Trinajstić information content (AvgIpc) is 3.40. The van der Waals surface area contributed by atoms with Crippen molar-refractivity contribution in [3.63, 3.8) is 0 Å². The number of pyridine rings is 2. The van der Waals surface area contributed by atoms with Crippen LogP contribution in [0.2, 0.25) is 0 Å². The molecule has 1 aromatic carbocycles. The molecule has 0 saturated heterocycles. The third-order valence-corrected chi connectivity index (χ3v) is 6.57. The second kappa shape index (κ2) is 10.6. The van der Waals surface area contributed by atoms with Crippen LogP contribution in [0.15, 0.2) is 60.9 Å². The van der Waals surface area contributed by atoms with E-state index in [4.69, 9.17) is 9.84 Å². The Morgan fingerprint density at radius 3 is 2.21 bits per heavy atom. The second-order valence-corrected chi connectivity index (χ2v) is 9.26. The lowest BCUT2D eigenvalue weighted by Crippen LogP contribution is -2.25. The van der Waals surface area contributed by atoms with E-state index in [0.717, 1.165) is 43.4 Å². The van der Waals surface area contributed by atoms with Crippen molar-refractivity contribution in [3.8, 4) is 39.9 Å². The van der Waals surface area contributed by atoms with E-state index < -0.39 is 17.7 Å². The number of alkyl halides is 3. The Morgan fingerprint density at radius 2 is 1.61 bits per heavy atom. The molecular formula is C27H24F3N5O3. The molecule has 1 aliphatic rings. The minimum absolute atomic E-state index is 0.0321. The number of aromatic amines is 1. The van der Waals surface area contributed by atoms with Crippen molar-refractivity contribution >= 4 is 5.97 Å². The Morgan fingerprint density at radius 1 is 0.921 bits per heavy atom. The van der Waals surface area contributed by atoms with Crippen LogP contribution < -0.4 is 4.74 Å². The van der Waals surface area contributed by atoms with Gasteiger partial charge in [0, 0.05) is 41.6 Å². The molecule has 0 unspecified atom stereocenters. The SMILES string of the molecule is O=C(O)CC1CCC(Oc2ccc(-c3ccc(-c4n[nH]c(-c5ccc(C(F)(F)F)cc5)n4)cn3)cn2)CC1. The Hall–Kier alpha value is -4.28. The minimum Gasteiger partial charge on any atom is -0.481 e. The molecule has 1 aliphatic carbocycles. The number of nitrogens with zero attached hydrogens (tertiary/aromatic N) is 4. The fourth-order valence-corrected chi connectivity index (χ4v) is 4.51. The van der Waals surface area contributed by atoms with Crippen molar-refractivity contribution in [2.75, 3.05) is 0 Å². The number of carboxylic acids is 1. The van der Waals surface area contributed by atoms with Crippen LogP contribution in [0, 0.1) is 5.92 Å². The summed E-state index contributed by atoms with van der Waals surface area (Å²) in [5, 5.41) is 15.9. The van der Waals surface area contributed by atoms with Crippen LogP contribution >= 0.6 is 0 Å². The normalized spacial score (nSPS) is 17.8. The molecule has 0 amide bonds. The van der Waals surface area contributed by atoms with Crippen molar-refractivity contribution < 1.29 is 27.8 Å².